The van der Waals surface area contributed by atoms with Crippen molar-refractivity contribution in [2.75, 3.05) is 18.5 Å². The second-order valence-corrected chi connectivity index (χ2v) is 3.73. The van der Waals surface area contributed by atoms with Crippen molar-refractivity contribution in [3.8, 4) is 0 Å². The number of amides is 1. The van der Waals surface area contributed by atoms with Gasteiger partial charge in [-0.2, -0.15) is 0 Å². The third kappa shape index (κ3) is 4.95. The number of hydrogen-bond acceptors (Lipinski definition) is 5. The first-order valence-electron chi connectivity index (χ1n) is 6.25. The molecule has 19 heavy (non-hydrogen) atoms. The zero-order valence-electron chi connectivity index (χ0n) is 11.1. The van der Waals surface area contributed by atoms with Crippen molar-refractivity contribution in [2.45, 2.75) is 26.7 Å². The van der Waals surface area contributed by atoms with Gasteiger partial charge in [0, 0.05) is 6.20 Å². The van der Waals surface area contributed by atoms with Crippen LogP contribution < -0.4 is 5.32 Å². The number of aromatic nitrogens is 1. The predicted molar refractivity (Wildman–Crippen MR) is 70.1 cm³/mol. The topological polar surface area (TPSA) is 77.5 Å². The Bertz CT molecular complexity index is 434. The number of pyridine rings is 1. The van der Waals surface area contributed by atoms with Crippen LogP contribution in [0.2, 0.25) is 0 Å². The molecule has 0 unspecified atom stereocenters. The molecule has 0 aliphatic carbocycles. The van der Waals surface area contributed by atoms with Gasteiger partial charge in [0.05, 0.1) is 18.9 Å². The van der Waals surface area contributed by atoms with E-state index in [0.29, 0.717) is 6.61 Å². The van der Waals surface area contributed by atoms with Gasteiger partial charge in [0.25, 0.3) is 0 Å². The van der Waals surface area contributed by atoms with Crippen LogP contribution in [-0.2, 0) is 9.47 Å². The van der Waals surface area contributed by atoms with E-state index in [2.05, 4.69) is 10.3 Å². The van der Waals surface area contributed by atoms with Crippen molar-refractivity contribution in [1.29, 1.82) is 0 Å². The average Bonchev–Trinajstić information content (AvgIpc) is 2.40. The Hall–Kier alpha value is -2.11. The van der Waals surface area contributed by atoms with Crippen LogP contribution in [0.15, 0.2) is 18.3 Å². The third-order valence-corrected chi connectivity index (χ3v) is 2.24. The average molecular weight is 266 g/mol. The highest BCUT2D eigenvalue weighted by Gasteiger charge is 2.15. The maximum atomic E-state index is 11.6. The van der Waals surface area contributed by atoms with Crippen molar-refractivity contribution in [2.24, 2.45) is 0 Å². The predicted octanol–water partition coefficient (Wildman–Crippen LogP) is 2.61. The van der Waals surface area contributed by atoms with E-state index in [1.54, 1.807) is 19.1 Å². The first-order valence-corrected chi connectivity index (χ1v) is 6.25. The summed E-state index contributed by atoms with van der Waals surface area (Å²) in [5.74, 6) is -0.577. The molecule has 1 amide bonds. The minimum absolute atomic E-state index is 0.0665. The van der Waals surface area contributed by atoms with E-state index in [0.717, 1.165) is 12.8 Å². The summed E-state index contributed by atoms with van der Waals surface area (Å²) in [6.45, 7) is 4.29. The molecule has 1 N–H and O–H groups in total. The number of nitrogens with zero attached hydrogens (tertiary/aromatic N) is 1. The lowest BCUT2D eigenvalue weighted by Gasteiger charge is -2.09. The molecule has 6 heteroatoms. The Kier molecular flexibility index (Phi) is 6.35. The lowest BCUT2D eigenvalue weighted by atomic mass is 10.3. The van der Waals surface area contributed by atoms with Crippen molar-refractivity contribution < 1.29 is 19.1 Å². The molecule has 1 rings (SSSR count). The summed E-state index contributed by atoms with van der Waals surface area (Å²) in [5, 5.41) is 2.48. The summed E-state index contributed by atoms with van der Waals surface area (Å²) >= 11 is 0. The smallest absolute Gasteiger partial charge is 0.411 e. The Balaban J connectivity index is 2.67. The lowest BCUT2D eigenvalue weighted by molar-refractivity contribution is 0.0521. The van der Waals surface area contributed by atoms with Crippen LogP contribution >= 0.6 is 0 Å². The van der Waals surface area contributed by atoms with E-state index in [9.17, 15) is 9.59 Å². The fourth-order valence-corrected chi connectivity index (χ4v) is 1.32. The number of unbranched alkanes of at least 4 members (excludes halogenated alkanes) is 1. The van der Waals surface area contributed by atoms with Crippen molar-refractivity contribution >= 4 is 17.7 Å². The molecule has 1 heterocycles. The van der Waals surface area contributed by atoms with Gasteiger partial charge in [0.1, 0.15) is 0 Å². The molecule has 6 nitrogen and oxygen atoms in total. The van der Waals surface area contributed by atoms with Gasteiger partial charge in [0.15, 0.2) is 5.69 Å². The standard InChI is InChI=1S/C13H18N2O4/c1-3-5-9-19-13(17)15-10-7-6-8-14-11(10)12(16)18-4-2/h6-8H,3-5,9H2,1-2H3,(H,15,17). The molecule has 0 aliphatic heterocycles. The van der Waals surface area contributed by atoms with Crippen LogP contribution in [-0.4, -0.2) is 30.3 Å². The van der Waals surface area contributed by atoms with E-state index in [1.165, 1.54) is 6.20 Å². The van der Waals surface area contributed by atoms with Crippen LogP contribution in [0.5, 0.6) is 0 Å². The SMILES string of the molecule is CCCCOC(=O)Nc1cccnc1C(=O)OCC. The normalized spacial score (nSPS) is 9.79. The lowest BCUT2D eigenvalue weighted by Crippen LogP contribution is -2.18. The van der Waals surface area contributed by atoms with Crippen LogP contribution in [0.3, 0.4) is 0 Å². The van der Waals surface area contributed by atoms with Gasteiger partial charge in [-0.05, 0) is 25.5 Å². The van der Waals surface area contributed by atoms with Crippen LogP contribution in [0.4, 0.5) is 10.5 Å². The zero-order valence-corrected chi connectivity index (χ0v) is 11.1. The number of esters is 1. The number of carbonyl (C=O) groups excluding carboxylic acids is 2. The highest BCUT2D eigenvalue weighted by molar-refractivity contribution is 5.97. The Morgan fingerprint density at radius 3 is 2.79 bits per heavy atom. The molecule has 0 saturated heterocycles. The fourth-order valence-electron chi connectivity index (χ4n) is 1.32. The molecule has 0 atom stereocenters. The van der Waals surface area contributed by atoms with Gasteiger partial charge in [0.2, 0.25) is 0 Å². The maximum absolute atomic E-state index is 11.6. The van der Waals surface area contributed by atoms with Crippen molar-refractivity contribution in [1.82, 2.24) is 4.98 Å². The number of anilines is 1. The van der Waals surface area contributed by atoms with E-state index >= 15 is 0 Å². The molecule has 0 saturated carbocycles. The third-order valence-electron chi connectivity index (χ3n) is 2.24. The Morgan fingerprint density at radius 2 is 2.11 bits per heavy atom. The maximum Gasteiger partial charge on any atom is 0.411 e. The summed E-state index contributed by atoms with van der Waals surface area (Å²) in [7, 11) is 0. The quantitative estimate of drug-likeness (QED) is 0.632. The molecular weight excluding hydrogens is 248 g/mol. The molecule has 0 fully saturated rings. The molecular formula is C13H18N2O4. The summed E-state index contributed by atoms with van der Waals surface area (Å²) in [6.07, 6.45) is 2.59. The number of hydrogen-bond donors (Lipinski definition) is 1. The minimum atomic E-state index is -0.605. The molecule has 0 aliphatic rings. The number of nitrogens with one attached hydrogen (secondary N) is 1. The first kappa shape index (κ1) is 14.9. The van der Waals surface area contributed by atoms with Crippen LogP contribution in [0.1, 0.15) is 37.2 Å². The van der Waals surface area contributed by atoms with Crippen molar-refractivity contribution in [3.63, 3.8) is 0 Å². The molecule has 1 aromatic heterocycles. The summed E-state index contributed by atoms with van der Waals surface area (Å²) in [6, 6.07) is 3.19. The largest absolute Gasteiger partial charge is 0.461 e. The van der Waals surface area contributed by atoms with Gasteiger partial charge >= 0.3 is 12.1 Å². The molecule has 0 bridgehead atoms. The number of rotatable bonds is 6. The van der Waals surface area contributed by atoms with E-state index in [1.807, 2.05) is 6.92 Å². The van der Waals surface area contributed by atoms with Gasteiger partial charge in [-0.25, -0.2) is 14.6 Å². The second kappa shape index (κ2) is 8.07. The monoisotopic (exact) mass is 266 g/mol. The van der Waals surface area contributed by atoms with Crippen LogP contribution in [0, 0.1) is 0 Å². The Morgan fingerprint density at radius 1 is 1.32 bits per heavy atom. The van der Waals surface area contributed by atoms with Gasteiger partial charge < -0.3 is 9.47 Å². The summed E-state index contributed by atoms with van der Waals surface area (Å²) < 4.78 is 9.81. The second-order valence-electron chi connectivity index (χ2n) is 3.73. The highest BCUT2D eigenvalue weighted by atomic mass is 16.5. The van der Waals surface area contributed by atoms with Crippen LogP contribution in [0.25, 0.3) is 0 Å². The molecule has 0 radical (unpaired) electrons. The number of carbonyl (C=O) groups is 2. The zero-order chi connectivity index (χ0) is 14.1. The molecule has 0 spiro atoms. The summed E-state index contributed by atoms with van der Waals surface area (Å²) in [4.78, 5) is 27.0. The van der Waals surface area contributed by atoms with Gasteiger partial charge in [-0.15, -0.1) is 0 Å². The minimum Gasteiger partial charge on any atom is -0.461 e. The van der Waals surface area contributed by atoms with Gasteiger partial charge in [-0.3, -0.25) is 5.32 Å². The van der Waals surface area contributed by atoms with Crippen molar-refractivity contribution in [3.05, 3.63) is 24.0 Å². The van der Waals surface area contributed by atoms with E-state index in [-0.39, 0.29) is 18.0 Å². The molecule has 1 aromatic rings. The highest BCUT2D eigenvalue weighted by Crippen LogP contribution is 2.13. The first-order chi connectivity index (χ1) is 9.19. The fraction of sp³-hybridized carbons (Fsp3) is 0.462. The van der Waals surface area contributed by atoms with Gasteiger partial charge in [-0.1, -0.05) is 13.3 Å². The summed E-state index contributed by atoms with van der Waals surface area (Å²) in [5.41, 5.74) is 0.347. The van der Waals surface area contributed by atoms with E-state index in [4.69, 9.17) is 9.47 Å². The molecule has 0 aromatic carbocycles. The number of ether oxygens (including phenoxy) is 2. The Labute approximate surface area is 112 Å². The molecule has 104 valence electrons. The van der Waals surface area contributed by atoms with E-state index < -0.39 is 12.1 Å².